The minimum absolute atomic E-state index is 0.00585. The topological polar surface area (TPSA) is 495 Å². The summed E-state index contributed by atoms with van der Waals surface area (Å²) in [6.07, 6.45) is -46.6. The monoisotopic (exact) mass is 1420 g/mol. The van der Waals surface area contributed by atoms with Crippen LogP contribution in [0.4, 0.5) is 0 Å². The molecule has 6 aliphatic heterocycles. The first-order chi connectivity index (χ1) is 45.3. The Morgan fingerprint density at radius 1 is 0.588 bits per heavy atom. The Balaban J connectivity index is 0.905. The first-order valence-electron chi connectivity index (χ1n) is 34.2. The predicted molar refractivity (Wildman–Crippen MR) is 326 cm³/mol. The van der Waals surface area contributed by atoms with E-state index in [4.69, 9.17) is 61.0 Å². The first kappa shape index (κ1) is 77.8. The van der Waals surface area contributed by atoms with E-state index in [-0.39, 0.29) is 54.6 Å². The molecule has 10 aliphatic rings. The Kier molecular flexibility index (Phi) is 24.3. The number of carbonyl (C=O) groups excluding carboxylic acids is 1. The van der Waals surface area contributed by atoms with Gasteiger partial charge in [-0.1, -0.05) is 46.3 Å². The molecule has 0 bridgehead atoms. The summed E-state index contributed by atoms with van der Waals surface area (Å²) in [5, 5.41) is 170. The Bertz CT molecular complexity index is 2790. The molecule has 6 heterocycles. The maximum atomic E-state index is 13.8. The van der Waals surface area contributed by atoms with Crippen LogP contribution in [-0.4, -0.2) is 305 Å². The van der Waals surface area contributed by atoms with Crippen LogP contribution in [0.25, 0.3) is 0 Å². The van der Waals surface area contributed by atoms with Crippen molar-refractivity contribution in [2.45, 2.75) is 323 Å². The zero-order valence-electron chi connectivity index (χ0n) is 56.3. The van der Waals surface area contributed by atoms with E-state index in [2.05, 4.69) is 19.9 Å². The van der Waals surface area contributed by atoms with Gasteiger partial charge in [0.1, 0.15) is 122 Å². The van der Waals surface area contributed by atoms with E-state index in [1.165, 1.54) is 27.7 Å². The highest BCUT2D eigenvalue weighted by Gasteiger charge is 2.64. The molecule has 0 amide bonds. The summed E-state index contributed by atoms with van der Waals surface area (Å²) in [7, 11) is -4.91. The van der Waals surface area contributed by atoms with E-state index in [9.17, 15) is 94.4 Å². The second-order valence-electron chi connectivity index (χ2n) is 30.0. The van der Waals surface area contributed by atoms with Crippen molar-refractivity contribution in [3.63, 3.8) is 0 Å². The predicted octanol–water partition coefficient (Wildman–Crippen LogP) is -3.19. The summed E-state index contributed by atoms with van der Waals surface area (Å²) < 4.78 is 113. The van der Waals surface area contributed by atoms with Gasteiger partial charge in [-0.2, -0.15) is 8.42 Å². The molecule has 0 aromatic heterocycles. The third-order valence-electron chi connectivity index (χ3n) is 23.4. The van der Waals surface area contributed by atoms with E-state index in [0.717, 1.165) is 5.57 Å². The molecule has 0 aromatic rings. The Labute approximate surface area is 563 Å². The molecule has 97 heavy (non-hydrogen) atoms. The molecular weight excluding hydrogens is 1310 g/mol. The fourth-order valence-electron chi connectivity index (χ4n) is 17.8. The average Bonchev–Trinajstić information content (AvgIpc) is 1.67. The fourth-order valence-corrected chi connectivity index (χ4v) is 18.3. The third kappa shape index (κ3) is 15.4. The van der Waals surface area contributed by atoms with Crippen molar-refractivity contribution >= 4 is 16.2 Å². The largest absolute Gasteiger partial charge is 0.397 e. The van der Waals surface area contributed by atoms with Gasteiger partial charge in [0.25, 0.3) is 0 Å². The summed E-state index contributed by atoms with van der Waals surface area (Å²) >= 11 is 0. The summed E-state index contributed by atoms with van der Waals surface area (Å²) in [6, 6.07) is 0. The molecule has 33 heteroatoms. The van der Waals surface area contributed by atoms with Crippen molar-refractivity contribution in [2.24, 2.45) is 46.3 Å². The lowest BCUT2D eigenvalue weighted by Gasteiger charge is -2.60. The number of rotatable bonds is 21. The first-order valence-corrected chi connectivity index (χ1v) is 35.6. The summed E-state index contributed by atoms with van der Waals surface area (Å²) in [5.41, 5.74) is -1.38. The summed E-state index contributed by atoms with van der Waals surface area (Å²) in [5.74, 6) is -1.14. The summed E-state index contributed by atoms with van der Waals surface area (Å²) in [4.78, 5) is 13.8. The van der Waals surface area contributed by atoms with E-state index in [1.54, 1.807) is 6.92 Å². The van der Waals surface area contributed by atoms with Gasteiger partial charge in [0.05, 0.1) is 55.4 Å². The van der Waals surface area contributed by atoms with E-state index in [1.807, 2.05) is 20.8 Å². The van der Waals surface area contributed by atoms with E-state index >= 15 is 0 Å². The number of fused-ring (bicyclic) bond motifs is 5. The minimum Gasteiger partial charge on any atom is -0.394 e. The molecule has 5 unspecified atom stereocenters. The van der Waals surface area contributed by atoms with Gasteiger partial charge in [0.15, 0.2) is 37.7 Å². The number of hydrogen-bond donors (Lipinski definition) is 16. The Hall–Kier alpha value is -1.80. The van der Waals surface area contributed by atoms with Crippen molar-refractivity contribution in [3.8, 4) is 0 Å². The third-order valence-corrected chi connectivity index (χ3v) is 23.9. The fraction of sp³-hybridized carbons (Fsp3) is 0.953. The maximum Gasteiger partial charge on any atom is 0.397 e. The van der Waals surface area contributed by atoms with Crippen LogP contribution in [0, 0.1) is 46.3 Å². The number of hydrogen-bond acceptors (Lipinski definition) is 31. The van der Waals surface area contributed by atoms with Crippen LogP contribution in [0.15, 0.2) is 11.6 Å². The van der Waals surface area contributed by atoms with Crippen LogP contribution in [0.2, 0.25) is 0 Å². The molecule has 0 radical (unpaired) electrons. The van der Waals surface area contributed by atoms with Gasteiger partial charge in [-0.05, 0) is 126 Å². The standard InChI is InChI=1S/C64H106O32S/c1-11-29(23(2)3)34(66)20-64(10,80)38-13-12-31-30-19-35(33-18-28(96-97(81,82)83)14-16-62(33,8)32(30)15-17-63(31,38)9)89-58-50(78)53(42(70)26(6)87-58)93-60-54(94-57-49(77)46(74)40(68)25(5)86-57)44(72)37(22-84-60)91-61-55(47(75)43(71)36(21-65)90-61)95-59-51(79)52(41(69)27(7)88-59)92-56-48(76)45(73)39(67)24(4)85-56/h15,23-31,33,35-61,65,67-80H,11-14,16-22H2,1-10H3,(H,81,82,83)/t24-,25-,26-,27-,28?,29?,30?,31?,33-,35+,36-,37-,38?,39+,40-,41+,42-,43-,44+,45+,46+,47+,48-,49-,50-,51-,52+,53+,54-,55-,56-,57+,58+,59+,60+,61+,62-,63+,64+/m1/s1. The number of carbonyl (C=O) groups is 1. The zero-order valence-corrected chi connectivity index (χ0v) is 57.1. The Morgan fingerprint density at radius 2 is 1.08 bits per heavy atom. The van der Waals surface area contributed by atoms with E-state index in [0.29, 0.717) is 38.5 Å². The lowest BCUT2D eigenvalue weighted by molar-refractivity contribution is -0.402. The number of ketones is 1. The summed E-state index contributed by atoms with van der Waals surface area (Å²) in [6.45, 7) is 15.9. The van der Waals surface area contributed by atoms with Crippen LogP contribution >= 0.6 is 0 Å². The zero-order chi connectivity index (χ0) is 71.2. The highest BCUT2D eigenvalue weighted by atomic mass is 32.3. The normalized spacial score (nSPS) is 51.5. The number of aliphatic hydroxyl groups excluding tert-OH is 14. The molecule has 9 fully saturated rings. The molecule has 6 saturated heterocycles. The van der Waals surface area contributed by atoms with Crippen molar-refractivity contribution in [1.29, 1.82) is 0 Å². The molecular formula is C64H106O32S. The minimum atomic E-state index is -4.91. The average molecular weight is 1420 g/mol. The number of allylic oxidation sites excluding steroid dienone is 2. The molecule has 10 rings (SSSR count). The van der Waals surface area contributed by atoms with Crippen LogP contribution in [0.1, 0.15) is 127 Å². The molecule has 32 nitrogen and oxygen atoms in total. The molecule has 3 saturated carbocycles. The molecule has 4 aliphatic carbocycles. The molecule has 0 spiro atoms. The van der Waals surface area contributed by atoms with Crippen molar-refractivity contribution < 1.29 is 155 Å². The molecule has 39 atom stereocenters. The van der Waals surface area contributed by atoms with Gasteiger partial charge < -0.3 is 133 Å². The van der Waals surface area contributed by atoms with Crippen molar-refractivity contribution in [3.05, 3.63) is 11.6 Å². The second kappa shape index (κ2) is 30.3. The number of ether oxygens (including phenoxy) is 12. The van der Waals surface area contributed by atoms with Crippen LogP contribution in [0.3, 0.4) is 0 Å². The van der Waals surface area contributed by atoms with Gasteiger partial charge in [-0.15, -0.1) is 0 Å². The van der Waals surface area contributed by atoms with Gasteiger partial charge in [-0.3, -0.25) is 9.35 Å². The van der Waals surface area contributed by atoms with Crippen molar-refractivity contribution in [2.75, 3.05) is 13.2 Å². The van der Waals surface area contributed by atoms with Crippen molar-refractivity contribution in [1.82, 2.24) is 0 Å². The molecule has 16 N–H and O–H groups in total. The number of Topliss-reactive ketones (excluding diaryl/α,β-unsaturated/α-hetero) is 1. The van der Waals surface area contributed by atoms with Gasteiger partial charge in [-0.25, -0.2) is 4.18 Å². The SMILES string of the molecule is CCC(C(=O)C[C@](C)(O)C1CCC2C3C[C@H](O[C@@H]4O[C@H](C)[C@@H](O)[C@H](O[C@@H]5OC[C@@H](O[C@@H]6O[C@H](CO)[C@@H](O)[C@H](O)[C@H]6O[C@@H]6O[C@H](C)[C@H](O)[C@H](O[C@H]7O[C@H](C)[C@H](O)[C@H](O)[C@H]7O)[C@H]6O)[C@H](O)[C@H]5O[C@@H]5O[C@H](C)[C@@H](O)[C@H](O)[C@H]5O)[C@H]4O)[C@H]4CC(OS(=O)(=O)O)CC[C@]4(C)C3=CC[C@@]21C)C(C)C. The quantitative estimate of drug-likeness (QED) is 0.0398. The highest BCUT2D eigenvalue weighted by molar-refractivity contribution is 7.80. The molecule has 0 aromatic carbocycles. The number of aliphatic hydroxyl groups is 15. The van der Waals surface area contributed by atoms with Crippen LogP contribution < -0.4 is 0 Å². The van der Waals surface area contributed by atoms with Gasteiger partial charge in [0, 0.05) is 12.3 Å². The molecule has 560 valence electrons. The van der Waals surface area contributed by atoms with Crippen LogP contribution in [-0.2, 0) is 76.2 Å². The second-order valence-corrected chi connectivity index (χ2v) is 31.1. The van der Waals surface area contributed by atoms with Crippen LogP contribution in [0.5, 0.6) is 0 Å². The lowest BCUT2D eigenvalue weighted by atomic mass is 9.47. The smallest absolute Gasteiger partial charge is 0.394 e. The van der Waals surface area contributed by atoms with Gasteiger partial charge in [0.2, 0.25) is 0 Å². The van der Waals surface area contributed by atoms with Gasteiger partial charge >= 0.3 is 10.4 Å². The van der Waals surface area contributed by atoms with E-state index < -0.39 is 236 Å². The maximum absolute atomic E-state index is 13.8. The Morgan fingerprint density at radius 3 is 1.61 bits per heavy atom. The lowest BCUT2D eigenvalue weighted by Crippen LogP contribution is -2.67. The highest BCUT2D eigenvalue weighted by Crippen LogP contribution is 2.68.